The maximum Gasteiger partial charge on any atom is 0.240 e. The van der Waals surface area contributed by atoms with E-state index in [4.69, 9.17) is 9.47 Å². The molecule has 1 saturated heterocycles. The summed E-state index contributed by atoms with van der Waals surface area (Å²) in [7, 11) is -3.52. The molecule has 2 aliphatic rings. The van der Waals surface area contributed by atoms with Gasteiger partial charge in [-0.05, 0) is 38.3 Å². The third kappa shape index (κ3) is 3.20. The molecule has 1 N–H and O–H groups in total. The van der Waals surface area contributed by atoms with Gasteiger partial charge in [-0.15, -0.1) is 0 Å². The smallest absolute Gasteiger partial charge is 0.240 e. The second-order valence-electron chi connectivity index (χ2n) is 6.29. The molecule has 1 aliphatic heterocycles. The summed E-state index contributed by atoms with van der Waals surface area (Å²) in [6, 6.07) is 5.33. The van der Waals surface area contributed by atoms with E-state index in [-0.39, 0.29) is 12.6 Å². The second kappa shape index (κ2) is 5.92. The molecule has 2 fully saturated rings. The zero-order valence-corrected chi connectivity index (χ0v) is 13.9. The van der Waals surface area contributed by atoms with Crippen molar-refractivity contribution in [1.82, 2.24) is 4.72 Å². The molecule has 0 bridgehead atoms. The average Bonchev–Trinajstić information content (AvgIpc) is 3.07. The first-order valence-corrected chi connectivity index (χ1v) is 9.27. The van der Waals surface area contributed by atoms with Crippen LogP contribution in [-0.4, -0.2) is 33.5 Å². The lowest BCUT2D eigenvalue weighted by Crippen LogP contribution is -2.35. The molecule has 0 amide bonds. The number of benzene rings is 1. The highest BCUT2D eigenvalue weighted by atomic mass is 32.2. The quantitative estimate of drug-likeness (QED) is 0.922. The van der Waals surface area contributed by atoms with E-state index in [9.17, 15) is 8.42 Å². The van der Waals surface area contributed by atoms with Crippen molar-refractivity contribution < 1.29 is 17.9 Å². The highest BCUT2D eigenvalue weighted by Crippen LogP contribution is 2.39. The van der Waals surface area contributed by atoms with Crippen LogP contribution in [-0.2, 0) is 19.5 Å². The van der Waals surface area contributed by atoms with Crippen LogP contribution in [0.15, 0.2) is 23.1 Å². The number of sulfonamides is 1. The first kappa shape index (κ1) is 15.9. The largest absolute Gasteiger partial charge is 0.347 e. The molecular formula is C16H23NO4S. The van der Waals surface area contributed by atoms with Crippen LogP contribution in [0.1, 0.15) is 36.8 Å². The Bertz CT molecular complexity index is 650. The van der Waals surface area contributed by atoms with Crippen LogP contribution in [0.4, 0.5) is 0 Å². The van der Waals surface area contributed by atoms with Gasteiger partial charge < -0.3 is 9.47 Å². The minimum absolute atomic E-state index is 0.210. The van der Waals surface area contributed by atoms with Gasteiger partial charge in [0.15, 0.2) is 5.79 Å². The van der Waals surface area contributed by atoms with Crippen molar-refractivity contribution in [1.29, 1.82) is 0 Å². The second-order valence-corrected chi connectivity index (χ2v) is 8.02. The lowest BCUT2D eigenvalue weighted by atomic mass is 10.2. The van der Waals surface area contributed by atoms with Crippen LogP contribution in [0.25, 0.3) is 0 Å². The van der Waals surface area contributed by atoms with E-state index in [2.05, 4.69) is 4.72 Å². The molecule has 1 atom stereocenters. The highest BCUT2D eigenvalue weighted by molar-refractivity contribution is 7.89. The summed E-state index contributed by atoms with van der Waals surface area (Å²) in [4.78, 5) is 0.326. The number of hydrogen-bond donors (Lipinski definition) is 1. The van der Waals surface area contributed by atoms with Gasteiger partial charge in [0, 0.05) is 19.4 Å². The Kier molecular flexibility index (Phi) is 4.29. The standard InChI is InChI=1S/C16H23NO4S/c1-12-5-6-15(13(2)9-12)22(18,19)17-10-14-11-20-16(21-14)7-3-4-8-16/h5-6,9,14,17H,3-4,7-8,10-11H2,1-2H3/t14-/m1/s1. The fourth-order valence-corrected chi connectivity index (χ4v) is 4.57. The number of nitrogens with one attached hydrogen (secondary N) is 1. The Balaban J connectivity index is 1.63. The molecule has 5 nitrogen and oxygen atoms in total. The number of ether oxygens (including phenoxy) is 2. The van der Waals surface area contributed by atoms with Crippen molar-refractivity contribution in [2.24, 2.45) is 0 Å². The third-order valence-corrected chi connectivity index (χ3v) is 5.98. The summed E-state index contributed by atoms with van der Waals surface area (Å²) in [6.07, 6.45) is 3.83. The summed E-state index contributed by atoms with van der Waals surface area (Å²) in [5.74, 6) is -0.449. The van der Waals surface area contributed by atoms with Crippen LogP contribution in [0.3, 0.4) is 0 Å². The van der Waals surface area contributed by atoms with Gasteiger partial charge >= 0.3 is 0 Å². The van der Waals surface area contributed by atoms with Crippen LogP contribution in [0, 0.1) is 13.8 Å². The molecule has 1 aromatic carbocycles. The Morgan fingerprint density at radius 1 is 1.27 bits per heavy atom. The lowest BCUT2D eigenvalue weighted by molar-refractivity contribution is -0.160. The van der Waals surface area contributed by atoms with Crippen molar-refractivity contribution in [2.45, 2.75) is 56.3 Å². The van der Waals surface area contributed by atoms with Crippen LogP contribution >= 0.6 is 0 Å². The molecule has 0 unspecified atom stereocenters. The molecule has 122 valence electrons. The van der Waals surface area contributed by atoms with E-state index in [1.165, 1.54) is 0 Å². The maximum absolute atomic E-state index is 12.4. The maximum atomic E-state index is 12.4. The van der Waals surface area contributed by atoms with Crippen LogP contribution < -0.4 is 4.72 Å². The number of rotatable bonds is 4. The van der Waals surface area contributed by atoms with Crippen LogP contribution in [0.2, 0.25) is 0 Å². The Hall–Kier alpha value is -0.950. The minimum Gasteiger partial charge on any atom is -0.347 e. The SMILES string of the molecule is Cc1ccc(S(=O)(=O)NC[C@@H]2COC3(CCCC3)O2)c(C)c1. The van der Waals surface area contributed by atoms with Crippen molar-refractivity contribution in [2.75, 3.05) is 13.2 Å². The van der Waals surface area contributed by atoms with Gasteiger partial charge in [-0.1, -0.05) is 17.7 Å². The Morgan fingerprint density at radius 2 is 2.00 bits per heavy atom. The minimum atomic E-state index is -3.52. The summed E-state index contributed by atoms with van der Waals surface area (Å²) in [5.41, 5.74) is 1.80. The highest BCUT2D eigenvalue weighted by Gasteiger charge is 2.43. The van der Waals surface area contributed by atoms with Crippen molar-refractivity contribution in [3.05, 3.63) is 29.3 Å². The molecule has 1 heterocycles. The van der Waals surface area contributed by atoms with Gasteiger partial charge in [-0.25, -0.2) is 13.1 Å². The van der Waals surface area contributed by atoms with Gasteiger partial charge in [0.25, 0.3) is 0 Å². The summed E-state index contributed by atoms with van der Waals surface area (Å²) in [6.45, 7) is 4.46. The van der Waals surface area contributed by atoms with Gasteiger partial charge in [0.05, 0.1) is 17.6 Å². The Morgan fingerprint density at radius 3 is 2.68 bits per heavy atom. The molecule has 1 saturated carbocycles. The third-order valence-electron chi connectivity index (χ3n) is 4.40. The zero-order chi connectivity index (χ0) is 15.8. The van der Waals surface area contributed by atoms with Gasteiger partial charge in [0.1, 0.15) is 0 Å². The molecule has 6 heteroatoms. The predicted molar refractivity (Wildman–Crippen MR) is 83.1 cm³/mol. The molecular weight excluding hydrogens is 302 g/mol. The van der Waals surface area contributed by atoms with E-state index >= 15 is 0 Å². The monoisotopic (exact) mass is 325 g/mol. The van der Waals surface area contributed by atoms with E-state index in [1.807, 2.05) is 26.0 Å². The normalized spacial score (nSPS) is 24.2. The van der Waals surface area contributed by atoms with Gasteiger partial charge in [-0.3, -0.25) is 0 Å². The van der Waals surface area contributed by atoms with E-state index < -0.39 is 15.8 Å². The fourth-order valence-electron chi connectivity index (χ4n) is 3.27. The van der Waals surface area contributed by atoms with Crippen molar-refractivity contribution in [3.63, 3.8) is 0 Å². The first-order valence-electron chi connectivity index (χ1n) is 7.79. The molecule has 0 aromatic heterocycles. The molecule has 0 radical (unpaired) electrons. The molecule has 1 aliphatic carbocycles. The topological polar surface area (TPSA) is 64.6 Å². The van der Waals surface area contributed by atoms with E-state index in [1.54, 1.807) is 6.07 Å². The van der Waals surface area contributed by atoms with Gasteiger partial charge in [-0.2, -0.15) is 0 Å². The first-order chi connectivity index (χ1) is 10.4. The lowest BCUT2D eigenvalue weighted by Gasteiger charge is -2.22. The van der Waals surface area contributed by atoms with E-state index in [0.29, 0.717) is 11.5 Å². The Labute approximate surface area is 132 Å². The average molecular weight is 325 g/mol. The van der Waals surface area contributed by atoms with Crippen LogP contribution in [0.5, 0.6) is 0 Å². The predicted octanol–water partition coefficient (Wildman–Crippen LogP) is 2.27. The van der Waals surface area contributed by atoms with E-state index in [0.717, 1.165) is 36.8 Å². The number of hydrogen-bond acceptors (Lipinski definition) is 4. The van der Waals surface area contributed by atoms with Crippen molar-refractivity contribution >= 4 is 10.0 Å². The summed E-state index contributed by atoms with van der Waals surface area (Å²) < 4.78 is 39.2. The van der Waals surface area contributed by atoms with Gasteiger partial charge in [0.2, 0.25) is 10.0 Å². The zero-order valence-electron chi connectivity index (χ0n) is 13.1. The number of aryl methyl sites for hydroxylation is 2. The van der Waals surface area contributed by atoms with Crippen molar-refractivity contribution in [3.8, 4) is 0 Å². The summed E-state index contributed by atoms with van der Waals surface area (Å²) >= 11 is 0. The summed E-state index contributed by atoms with van der Waals surface area (Å²) in [5, 5.41) is 0. The molecule has 22 heavy (non-hydrogen) atoms. The molecule has 1 aromatic rings. The molecule has 3 rings (SSSR count). The molecule has 1 spiro atoms. The fraction of sp³-hybridized carbons (Fsp3) is 0.625.